The third kappa shape index (κ3) is 4.91. The lowest BCUT2D eigenvalue weighted by Gasteiger charge is -2.17. The van der Waals surface area contributed by atoms with Gasteiger partial charge in [0.1, 0.15) is 5.82 Å². The van der Waals surface area contributed by atoms with E-state index in [4.69, 9.17) is 4.74 Å². The second kappa shape index (κ2) is 8.99. The molecule has 10 heteroatoms. The molecule has 2 heterocycles. The van der Waals surface area contributed by atoms with Crippen LogP contribution >= 0.6 is 0 Å². The van der Waals surface area contributed by atoms with Gasteiger partial charge < -0.3 is 15.0 Å². The van der Waals surface area contributed by atoms with Crippen LogP contribution in [0.15, 0.2) is 53.4 Å². The number of aryl methyl sites for hydroxylation is 1. The number of ether oxygens (including phenoxy) is 1. The maximum atomic E-state index is 13.9. The van der Waals surface area contributed by atoms with E-state index in [1.54, 1.807) is 24.3 Å². The second-order valence-electron chi connectivity index (χ2n) is 7.49. The maximum Gasteiger partial charge on any atom is 0.262 e. The molecule has 0 unspecified atom stereocenters. The first-order valence-electron chi connectivity index (χ1n) is 10.2. The fourth-order valence-corrected chi connectivity index (χ4v) is 4.57. The Labute approximate surface area is 186 Å². The van der Waals surface area contributed by atoms with Crippen LogP contribution in [-0.2, 0) is 10.0 Å². The van der Waals surface area contributed by atoms with Gasteiger partial charge in [-0.05, 0) is 62.2 Å². The van der Waals surface area contributed by atoms with E-state index in [0.717, 1.165) is 43.5 Å². The van der Waals surface area contributed by atoms with Crippen LogP contribution in [0.4, 0.5) is 27.5 Å². The molecule has 1 fully saturated rings. The summed E-state index contributed by atoms with van der Waals surface area (Å²) in [6.45, 7) is 3.90. The Bertz CT molecular complexity index is 1210. The summed E-state index contributed by atoms with van der Waals surface area (Å²) in [5.74, 6) is 0.606. The average molecular weight is 458 g/mol. The SMILES string of the molecule is COc1ccc(S(=O)(=O)Nc2ccc(Nc3nc(C)cc(N4CCCC4)n3)cc2)cc1F. The summed E-state index contributed by atoms with van der Waals surface area (Å²) >= 11 is 0. The van der Waals surface area contributed by atoms with Crippen molar-refractivity contribution >= 4 is 33.2 Å². The highest BCUT2D eigenvalue weighted by atomic mass is 32.2. The van der Waals surface area contributed by atoms with Gasteiger partial charge in [-0.1, -0.05) is 0 Å². The number of rotatable bonds is 7. The molecule has 2 aromatic carbocycles. The Hall–Kier alpha value is -3.40. The summed E-state index contributed by atoms with van der Waals surface area (Å²) in [5, 5.41) is 3.16. The monoisotopic (exact) mass is 457 g/mol. The molecule has 4 rings (SSSR count). The van der Waals surface area contributed by atoms with Crippen molar-refractivity contribution in [3.05, 3.63) is 60.0 Å². The zero-order valence-electron chi connectivity index (χ0n) is 17.8. The van der Waals surface area contributed by atoms with Crippen molar-refractivity contribution in [3.8, 4) is 5.75 Å². The molecule has 0 saturated carbocycles. The first-order valence-corrected chi connectivity index (χ1v) is 11.7. The van der Waals surface area contributed by atoms with Gasteiger partial charge in [0.15, 0.2) is 11.6 Å². The fourth-order valence-electron chi connectivity index (χ4n) is 3.50. The van der Waals surface area contributed by atoms with Crippen LogP contribution in [0.3, 0.4) is 0 Å². The smallest absolute Gasteiger partial charge is 0.262 e. The molecule has 1 saturated heterocycles. The van der Waals surface area contributed by atoms with Crippen molar-refractivity contribution in [1.29, 1.82) is 0 Å². The summed E-state index contributed by atoms with van der Waals surface area (Å²) < 4.78 is 46.3. The molecule has 8 nitrogen and oxygen atoms in total. The normalized spacial score (nSPS) is 13.8. The maximum absolute atomic E-state index is 13.9. The van der Waals surface area contributed by atoms with Crippen molar-refractivity contribution in [2.45, 2.75) is 24.7 Å². The molecule has 0 aliphatic carbocycles. The molecule has 0 atom stereocenters. The molecule has 168 valence electrons. The Kier molecular flexibility index (Phi) is 6.13. The van der Waals surface area contributed by atoms with E-state index < -0.39 is 15.8 Å². The molecule has 1 aliphatic heterocycles. The number of aromatic nitrogens is 2. The highest BCUT2D eigenvalue weighted by molar-refractivity contribution is 7.92. The average Bonchev–Trinajstić information content (AvgIpc) is 3.29. The lowest BCUT2D eigenvalue weighted by molar-refractivity contribution is 0.385. The van der Waals surface area contributed by atoms with Crippen molar-refractivity contribution in [2.75, 3.05) is 35.1 Å². The Morgan fingerprint density at radius 3 is 2.34 bits per heavy atom. The molecular weight excluding hydrogens is 433 g/mol. The zero-order valence-corrected chi connectivity index (χ0v) is 18.6. The van der Waals surface area contributed by atoms with Crippen LogP contribution in [0, 0.1) is 12.7 Å². The lowest BCUT2D eigenvalue weighted by atomic mass is 10.3. The molecule has 0 spiro atoms. The highest BCUT2D eigenvalue weighted by Crippen LogP contribution is 2.25. The van der Waals surface area contributed by atoms with E-state index in [9.17, 15) is 12.8 Å². The van der Waals surface area contributed by atoms with Gasteiger partial charge in [-0.3, -0.25) is 4.72 Å². The Morgan fingerprint density at radius 1 is 1.00 bits per heavy atom. The van der Waals surface area contributed by atoms with Crippen LogP contribution in [-0.4, -0.2) is 38.6 Å². The number of hydrogen-bond acceptors (Lipinski definition) is 7. The van der Waals surface area contributed by atoms with E-state index in [2.05, 4.69) is 24.9 Å². The van der Waals surface area contributed by atoms with E-state index in [0.29, 0.717) is 17.3 Å². The quantitative estimate of drug-likeness (QED) is 0.552. The minimum atomic E-state index is -3.95. The van der Waals surface area contributed by atoms with Crippen LogP contribution in [0.1, 0.15) is 18.5 Å². The minimum Gasteiger partial charge on any atom is -0.494 e. The number of methoxy groups -OCH3 is 1. The van der Waals surface area contributed by atoms with E-state index in [1.807, 2.05) is 13.0 Å². The summed E-state index contributed by atoms with van der Waals surface area (Å²) in [6, 6.07) is 12.1. The van der Waals surface area contributed by atoms with E-state index >= 15 is 0 Å². The third-order valence-electron chi connectivity index (χ3n) is 5.10. The van der Waals surface area contributed by atoms with Gasteiger partial charge in [0.25, 0.3) is 10.0 Å². The number of hydrogen-bond donors (Lipinski definition) is 2. The van der Waals surface area contributed by atoms with Gasteiger partial charge in [-0.2, -0.15) is 4.98 Å². The largest absolute Gasteiger partial charge is 0.494 e. The van der Waals surface area contributed by atoms with Crippen LogP contribution in [0.25, 0.3) is 0 Å². The number of nitrogens with zero attached hydrogens (tertiary/aromatic N) is 3. The fraction of sp³-hybridized carbons (Fsp3) is 0.273. The molecule has 32 heavy (non-hydrogen) atoms. The van der Waals surface area contributed by atoms with Crippen molar-refractivity contribution in [3.63, 3.8) is 0 Å². The number of anilines is 4. The molecule has 1 aliphatic rings. The van der Waals surface area contributed by atoms with Crippen molar-refractivity contribution in [1.82, 2.24) is 9.97 Å². The van der Waals surface area contributed by atoms with Crippen LogP contribution in [0.2, 0.25) is 0 Å². The number of halogens is 1. The Balaban J connectivity index is 1.47. The van der Waals surface area contributed by atoms with E-state index in [1.165, 1.54) is 19.2 Å². The predicted molar refractivity (Wildman–Crippen MR) is 122 cm³/mol. The van der Waals surface area contributed by atoms with Gasteiger partial charge in [-0.15, -0.1) is 0 Å². The molecule has 0 bridgehead atoms. The van der Waals surface area contributed by atoms with Crippen molar-refractivity contribution in [2.24, 2.45) is 0 Å². The molecule has 1 aromatic heterocycles. The third-order valence-corrected chi connectivity index (χ3v) is 6.48. The molecule has 0 radical (unpaired) electrons. The van der Waals surface area contributed by atoms with Crippen LogP contribution < -0.4 is 19.7 Å². The first kappa shape index (κ1) is 21.8. The number of benzene rings is 2. The summed E-state index contributed by atoms with van der Waals surface area (Å²) in [5.41, 5.74) is 1.91. The van der Waals surface area contributed by atoms with Gasteiger partial charge >= 0.3 is 0 Å². The van der Waals surface area contributed by atoms with Crippen molar-refractivity contribution < 1.29 is 17.5 Å². The molecule has 3 aromatic rings. The topological polar surface area (TPSA) is 96.5 Å². The number of sulfonamides is 1. The second-order valence-corrected chi connectivity index (χ2v) is 9.17. The summed E-state index contributed by atoms with van der Waals surface area (Å²) in [7, 11) is -2.63. The van der Waals surface area contributed by atoms with E-state index in [-0.39, 0.29) is 10.6 Å². The van der Waals surface area contributed by atoms with Gasteiger partial charge in [-0.25, -0.2) is 17.8 Å². The molecular formula is C22H24FN5O3S. The zero-order chi connectivity index (χ0) is 22.7. The molecule has 0 amide bonds. The minimum absolute atomic E-state index is 0.0226. The van der Waals surface area contributed by atoms with Crippen LogP contribution in [0.5, 0.6) is 5.75 Å². The molecule has 2 N–H and O–H groups in total. The first-order chi connectivity index (χ1) is 15.3. The van der Waals surface area contributed by atoms with Gasteiger partial charge in [0, 0.05) is 36.2 Å². The lowest BCUT2D eigenvalue weighted by Crippen LogP contribution is -2.19. The summed E-state index contributed by atoms with van der Waals surface area (Å²) in [6.07, 6.45) is 2.32. The van der Waals surface area contributed by atoms with Gasteiger partial charge in [0.05, 0.1) is 12.0 Å². The predicted octanol–water partition coefficient (Wildman–Crippen LogP) is 4.08. The Morgan fingerprint density at radius 2 is 1.69 bits per heavy atom. The standard InChI is InChI=1S/C22H24FN5O3S/c1-15-13-21(28-11-3-4-12-28)26-22(24-15)25-16-5-7-17(8-6-16)27-32(29,30)18-9-10-20(31-2)19(23)14-18/h5-10,13-14,27H,3-4,11-12H2,1-2H3,(H,24,25,26). The highest BCUT2D eigenvalue weighted by Gasteiger charge is 2.18. The van der Waals surface area contributed by atoms with Gasteiger partial charge in [0.2, 0.25) is 5.95 Å². The number of nitrogens with one attached hydrogen (secondary N) is 2. The summed E-state index contributed by atoms with van der Waals surface area (Å²) in [4.78, 5) is 11.1.